The van der Waals surface area contributed by atoms with E-state index in [9.17, 15) is 18.0 Å². The van der Waals surface area contributed by atoms with Crippen LogP contribution in [0.15, 0.2) is 45.2 Å². The van der Waals surface area contributed by atoms with E-state index in [1.165, 1.54) is 30.3 Å². The van der Waals surface area contributed by atoms with E-state index < -0.39 is 15.3 Å². The minimum atomic E-state index is -3.77. The number of sulfonamides is 1. The number of anilines is 1. The Hall–Kier alpha value is -2.17. The summed E-state index contributed by atoms with van der Waals surface area (Å²) in [5.41, 5.74) is 0.717. The van der Waals surface area contributed by atoms with Gasteiger partial charge in [-0.1, -0.05) is 11.8 Å². The molecule has 0 spiro atoms. The molecule has 1 heterocycles. The summed E-state index contributed by atoms with van der Waals surface area (Å²) < 4.78 is 22.4. The summed E-state index contributed by atoms with van der Waals surface area (Å²) >= 11 is 1.11. The fourth-order valence-electron chi connectivity index (χ4n) is 1.80. The zero-order chi connectivity index (χ0) is 17.9. The van der Waals surface area contributed by atoms with Crippen LogP contribution >= 0.6 is 11.8 Å². The highest BCUT2D eigenvalue weighted by molar-refractivity contribution is 8.00. The Labute approximate surface area is 142 Å². The van der Waals surface area contributed by atoms with Crippen molar-refractivity contribution in [3.8, 4) is 0 Å². The van der Waals surface area contributed by atoms with Crippen molar-refractivity contribution >= 4 is 33.4 Å². The van der Waals surface area contributed by atoms with Crippen LogP contribution in [0.2, 0.25) is 0 Å². The second-order valence-corrected chi connectivity index (χ2v) is 7.90. The minimum absolute atomic E-state index is 0.0375. The second-order valence-electron chi connectivity index (χ2n) is 5.01. The molecule has 10 heteroatoms. The van der Waals surface area contributed by atoms with Crippen LogP contribution in [0.4, 0.5) is 5.69 Å². The van der Waals surface area contributed by atoms with Gasteiger partial charge in [0.1, 0.15) is 0 Å². The molecule has 1 unspecified atom stereocenters. The van der Waals surface area contributed by atoms with Gasteiger partial charge in [0.2, 0.25) is 15.9 Å². The molecule has 2 aromatic rings. The van der Waals surface area contributed by atoms with Crippen molar-refractivity contribution in [3.63, 3.8) is 0 Å². The van der Waals surface area contributed by atoms with Crippen LogP contribution in [-0.2, 0) is 14.8 Å². The van der Waals surface area contributed by atoms with Crippen molar-refractivity contribution < 1.29 is 13.2 Å². The molecule has 1 aromatic carbocycles. The van der Waals surface area contributed by atoms with Gasteiger partial charge < -0.3 is 10.3 Å². The first-order valence-electron chi connectivity index (χ1n) is 6.83. The maximum atomic E-state index is 12.2. The summed E-state index contributed by atoms with van der Waals surface area (Å²) in [6, 6.07) is 6.87. The van der Waals surface area contributed by atoms with E-state index in [0.717, 1.165) is 11.8 Å². The number of aromatic nitrogens is 2. The molecule has 0 saturated carbocycles. The molecule has 1 amide bonds. The van der Waals surface area contributed by atoms with Gasteiger partial charge >= 0.3 is 0 Å². The number of aromatic amines is 1. The van der Waals surface area contributed by atoms with Crippen molar-refractivity contribution in [2.75, 3.05) is 5.32 Å². The molecule has 0 aliphatic heterocycles. The number of hydrogen-bond donors (Lipinski definition) is 3. The summed E-state index contributed by atoms with van der Waals surface area (Å²) in [7, 11) is -3.77. The Bertz CT molecular complexity index is 907. The Balaban J connectivity index is 2.04. The molecule has 8 nitrogen and oxygen atoms in total. The molecule has 0 aliphatic rings. The Kier molecular flexibility index (Phi) is 5.42. The third-order valence-corrected chi connectivity index (χ3v) is 4.87. The molecular weight excluding hydrogens is 352 g/mol. The van der Waals surface area contributed by atoms with E-state index in [-0.39, 0.29) is 16.4 Å². The lowest BCUT2D eigenvalue weighted by Crippen LogP contribution is -2.23. The van der Waals surface area contributed by atoms with Crippen molar-refractivity contribution in [2.45, 2.75) is 29.1 Å². The zero-order valence-electron chi connectivity index (χ0n) is 12.9. The van der Waals surface area contributed by atoms with Gasteiger partial charge in [-0.15, -0.1) is 0 Å². The molecule has 1 aromatic heterocycles. The molecule has 0 bridgehead atoms. The molecule has 128 valence electrons. The molecule has 0 saturated heterocycles. The number of thioether (sulfide) groups is 1. The first-order chi connectivity index (χ1) is 11.1. The summed E-state index contributed by atoms with van der Waals surface area (Å²) in [4.78, 5) is 30.2. The number of nitrogens with one attached hydrogen (secondary N) is 2. The smallest absolute Gasteiger partial charge is 0.251 e. The molecule has 4 N–H and O–H groups in total. The van der Waals surface area contributed by atoms with Gasteiger partial charge in [-0.25, -0.2) is 18.5 Å². The minimum Gasteiger partial charge on any atom is -0.325 e. The average Bonchev–Trinajstić information content (AvgIpc) is 2.45. The first-order valence-corrected chi connectivity index (χ1v) is 9.26. The van der Waals surface area contributed by atoms with Gasteiger partial charge in [-0.3, -0.25) is 9.59 Å². The summed E-state index contributed by atoms with van der Waals surface area (Å²) in [6.45, 7) is 3.36. The fraction of sp³-hybridized carbons (Fsp3) is 0.214. The maximum Gasteiger partial charge on any atom is 0.251 e. The first kappa shape index (κ1) is 18.2. The molecular formula is C14H16N4O4S2. The van der Waals surface area contributed by atoms with Crippen LogP contribution < -0.4 is 16.0 Å². The SMILES string of the molecule is Cc1cc(=O)[nH]c(SC(C)C(=O)Nc2ccc(S(N)(=O)=O)cc2)n1. The van der Waals surface area contributed by atoms with Gasteiger partial charge in [-0.05, 0) is 38.1 Å². The van der Waals surface area contributed by atoms with Gasteiger partial charge in [0, 0.05) is 17.4 Å². The van der Waals surface area contributed by atoms with Crippen molar-refractivity contribution in [2.24, 2.45) is 5.14 Å². The van der Waals surface area contributed by atoms with E-state index in [2.05, 4.69) is 15.3 Å². The van der Waals surface area contributed by atoms with Crippen LogP contribution in [0, 0.1) is 6.92 Å². The lowest BCUT2D eigenvalue weighted by atomic mass is 10.3. The second kappa shape index (κ2) is 7.16. The molecule has 24 heavy (non-hydrogen) atoms. The Morgan fingerprint density at radius 3 is 2.50 bits per heavy atom. The molecule has 0 fully saturated rings. The number of H-pyrrole nitrogens is 1. The highest BCUT2D eigenvalue weighted by atomic mass is 32.2. The van der Waals surface area contributed by atoms with E-state index in [4.69, 9.17) is 5.14 Å². The molecule has 0 radical (unpaired) electrons. The molecule has 0 aliphatic carbocycles. The van der Waals surface area contributed by atoms with Crippen molar-refractivity contribution in [1.82, 2.24) is 9.97 Å². The molecule has 2 rings (SSSR count). The van der Waals surface area contributed by atoms with Gasteiger partial charge in [0.15, 0.2) is 5.16 Å². The van der Waals surface area contributed by atoms with E-state index in [1.807, 2.05) is 0 Å². The predicted octanol–water partition coefficient (Wildman–Crippen LogP) is 0.845. The standard InChI is InChI=1S/C14H16N4O4S2/c1-8-7-12(19)18-14(16-8)23-9(2)13(20)17-10-3-5-11(6-4-10)24(15,21)22/h3-7,9H,1-2H3,(H,17,20)(H2,15,21,22)(H,16,18,19). The number of benzene rings is 1. The fourth-order valence-corrected chi connectivity index (χ4v) is 3.17. The van der Waals surface area contributed by atoms with Crippen molar-refractivity contribution in [1.29, 1.82) is 0 Å². The van der Waals surface area contributed by atoms with Crippen molar-refractivity contribution in [3.05, 3.63) is 46.4 Å². The number of primary sulfonamides is 1. The van der Waals surface area contributed by atoms with Crippen LogP contribution in [-0.4, -0.2) is 29.5 Å². The highest BCUT2D eigenvalue weighted by Gasteiger charge is 2.16. The highest BCUT2D eigenvalue weighted by Crippen LogP contribution is 2.20. The van der Waals surface area contributed by atoms with E-state index in [1.54, 1.807) is 13.8 Å². The van der Waals surface area contributed by atoms with Crippen LogP contribution in [0.3, 0.4) is 0 Å². The third-order valence-electron chi connectivity index (χ3n) is 2.96. The lowest BCUT2D eigenvalue weighted by Gasteiger charge is -2.11. The molecule has 1 atom stereocenters. The van der Waals surface area contributed by atoms with Crippen LogP contribution in [0.25, 0.3) is 0 Å². The van der Waals surface area contributed by atoms with Gasteiger partial charge in [0.05, 0.1) is 10.1 Å². The average molecular weight is 368 g/mol. The largest absolute Gasteiger partial charge is 0.325 e. The van der Waals surface area contributed by atoms with E-state index >= 15 is 0 Å². The summed E-state index contributed by atoms with van der Waals surface area (Å²) in [5.74, 6) is -0.312. The number of hydrogen-bond acceptors (Lipinski definition) is 6. The number of amides is 1. The quantitative estimate of drug-likeness (QED) is 0.529. The normalized spacial score (nSPS) is 12.6. The predicted molar refractivity (Wildman–Crippen MR) is 91.4 cm³/mol. The van der Waals surface area contributed by atoms with Crippen LogP contribution in [0.5, 0.6) is 0 Å². The summed E-state index contributed by atoms with van der Waals surface area (Å²) in [5, 5.41) is 7.50. The Morgan fingerprint density at radius 1 is 1.33 bits per heavy atom. The van der Waals surface area contributed by atoms with Crippen LogP contribution in [0.1, 0.15) is 12.6 Å². The number of nitrogens with zero attached hydrogens (tertiary/aromatic N) is 1. The van der Waals surface area contributed by atoms with E-state index in [0.29, 0.717) is 16.5 Å². The van der Waals surface area contributed by atoms with Gasteiger partial charge in [0.25, 0.3) is 5.56 Å². The third kappa shape index (κ3) is 4.91. The zero-order valence-corrected chi connectivity index (χ0v) is 14.6. The number of carbonyl (C=O) groups is 1. The Morgan fingerprint density at radius 2 is 1.96 bits per heavy atom. The lowest BCUT2D eigenvalue weighted by molar-refractivity contribution is -0.115. The number of aryl methyl sites for hydroxylation is 1. The monoisotopic (exact) mass is 368 g/mol. The topological polar surface area (TPSA) is 135 Å². The number of carbonyl (C=O) groups excluding carboxylic acids is 1. The number of rotatable bonds is 5. The van der Waals surface area contributed by atoms with Gasteiger partial charge in [-0.2, -0.15) is 0 Å². The number of nitrogens with two attached hydrogens (primary N) is 1. The maximum absolute atomic E-state index is 12.2. The summed E-state index contributed by atoms with van der Waals surface area (Å²) in [6.07, 6.45) is 0.